The van der Waals surface area contributed by atoms with Crippen molar-refractivity contribution in [3.63, 3.8) is 0 Å². The van der Waals surface area contributed by atoms with Crippen LogP contribution in [-0.2, 0) is 6.54 Å². The molecule has 0 aliphatic heterocycles. The predicted molar refractivity (Wildman–Crippen MR) is 104 cm³/mol. The van der Waals surface area contributed by atoms with Gasteiger partial charge >= 0.3 is 0 Å². The normalized spacial score (nSPS) is 9.96. The van der Waals surface area contributed by atoms with Crippen molar-refractivity contribution in [2.24, 2.45) is 0 Å². The van der Waals surface area contributed by atoms with Crippen molar-refractivity contribution in [2.45, 2.75) is 54.0 Å². The van der Waals surface area contributed by atoms with Crippen molar-refractivity contribution >= 4 is 28.1 Å². The Labute approximate surface area is 139 Å². The summed E-state index contributed by atoms with van der Waals surface area (Å²) < 4.78 is 1.82. The van der Waals surface area contributed by atoms with Gasteiger partial charge in [-0.1, -0.05) is 78.0 Å². The highest BCUT2D eigenvalue weighted by atomic mass is 16.1. The van der Waals surface area contributed by atoms with Crippen LogP contribution < -0.4 is 10.9 Å². The Kier molecular flexibility index (Phi) is 7.53. The Morgan fingerprint density at radius 3 is 2.09 bits per heavy atom. The highest BCUT2D eigenvalue weighted by Gasteiger charge is 2.09. The molecular formula is C21H29NO. The van der Waals surface area contributed by atoms with Crippen molar-refractivity contribution < 1.29 is 0 Å². The first-order valence-electron chi connectivity index (χ1n) is 8.77. The summed E-state index contributed by atoms with van der Waals surface area (Å²) in [7, 11) is 0. The van der Waals surface area contributed by atoms with E-state index in [2.05, 4.69) is 19.6 Å². The lowest BCUT2D eigenvalue weighted by Crippen LogP contribution is -2.33. The van der Waals surface area contributed by atoms with Gasteiger partial charge in [0.15, 0.2) is 0 Å². The van der Waals surface area contributed by atoms with Gasteiger partial charge in [0, 0.05) is 28.1 Å². The Bertz CT molecular complexity index is 783. The van der Waals surface area contributed by atoms with Crippen molar-refractivity contribution in [3.05, 3.63) is 52.1 Å². The number of rotatable bonds is 3. The maximum atomic E-state index is 12.6. The smallest absolute Gasteiger partial charge is 0.258 e. The fourth-order valence-corrected chi connectivity index (χ4v) is 2.73. The van der Waals surface area contributed by atoms with E-state index in [1.165, 1.54) is 0 Å². The van der Waals surface area contributed by atoms with Crippen LogP contribution in [0.15, 0.2) is 41.2 Å². The van der Waals surface area contributed by atoms with Crippen LogP contribution in [0.5, 0.6) is 0 Å². The highest BCUT2D eigenvalue weighted by molar-refractivity contribution is 6.09. The van der Waals surface area contributed by atoms with E-state index >= 15 is 0 Å². The SMILES string of the molecule is C=c1c2cccc3cccc(c(=O)n1CCCC)c32.CC.CC. The van der Waals surface area contributed by atoms with Gasteiger partial charge in [-0.3, -0.25) is 4.79 Å². The van der Waals surface area contributed by atoms with E-state index in [1.807, 2.05) is 62.6 Å². The zero-order valence-corrected chi connectivity index (χ0v) is 15.1. The highest BCUT2D eigenvalue weighted by Crippen LogP contribution is 2.21. The maximum absolute atomic E-state index is 12.6. The summed E-state index contributed by atoms with van der Waals surface area (Å²) in [6, 6.07) is 12.0. The van der Waals surface area contributed by atoms with Gasteiger partial charge < -0.3 is 4.57 Å². The van der Waals surface area contributed by atoms with Gasteiger partial charge in [0.25, 0.3) is 5.56 Å². The third-order valence-corrected chi connectivity index (χ3v) is 3.75. The van der Waals surface area contributed by atoms with E-state index in [-0.39, 0.29) is 5.56 Å². The molecule has 0 aliphatic rings. The van der Waals surface area contributed by atoms with Crippen LogP contribution in [-0.4, -0.2) is 4.57 Å². The minimum Gasteiger partial charge on any atom is -0.308 e. The lowest BCUT2D eigenvalue weighted by Gasteiger charge is -2.12. The second-order valence-electron chi connectivity index (χ2n) is 4.97. The number of pyridine rings is 1. The summed E-state index contributed by atoms with van der Waals surface area (Å²) in [6.45, 7) is 15.0. The molecule has 2 nitrogen and oxygen atoms in total. The first-order valence-corrected chi connectivity index (χ1v) is 8.77. The lowest BCUT2D eigenvalue weighted by atomic mass is 10.0. The summed E-state index contributed by atoms with van der Waals surface area (Å²) in [5, 5.41) is 4.88. The third-order valence-electron chi connectivity index (χ3n) is 3.75. The van der Waals surface area contributed by atoms with E-state index in [1.54, 1.807) is 0 Å². The molecule has 0 saturated heterocycles. The quantitative estimate of drug-likeness (QED) is 0.656. The third kappa shape index (κ3) is 3.64. The number of hydrogen-bond acceptors (Lipinski definition) is 1. The van der Waals surface area contributed by atoms with Crippen molar-refractivity contribution in [2.75, 3.05) is 0 Å². The maximum Gasteiger partial charge on any atom is 0.258 e. The van der Waals surface area contributed by atoms with Crippen LogP contribution in [0.2, 0.25) is 0 Å². The van der Waals surface area contributed by atoms with Crippen LogP contribution in [0.1, 0.15) is 47.5 Å². The van der Waals surface area contributed by atoms with E-state index in [0.29, 0.717) is 0 Å². The number of hydrogen-bond donors (Lipinski definition) is 0. The molecule has 0 atom stereocenters. The van der Waals surface area contributed by atoms with Crippen molar-refractivity contribution in [1.82, 2.24) is 4.57 Å². The van der Waals surface area contributed by atoms with E-state index in [9.17, 15) is 4.79 Å². The molecule has 0 radical (unpaired) electrons. The molecule has 3 aromatic rings. The molecule has 2 heteroatoms. The molecule has 0 fully saturated rings. The summed E-state index contributed by atoms with van der Waals surface area (Å²) in [4.78, 5) is 12.6. The van der Waals surface area contributed by atoms with Crippen LogP contribution in [0, 0.1) is 0 Å². The largest absolute Gasteiger partial charge is 0.308 e. The molecule has 124 valence electrons. The van der Waals surface area contributed by atoms with Gasteiger partial charge in [-0.15, -0.1) is 0 Å². The summed E-state index contributed by atoms with van der Waals surface area (Å²) in [5.41, 5.74) is 0.0859. The minimum atomic E-state index is 0.0859. The molecule has 1 heterocycles. The van der Waals surface area contributed by atoms with Crippen LogP contribution in [0.4, 0.5) is 0 Å². The fraction of sp³-hybridized carbons (Fsp3) is 0.381. The standard InChI is InChI=1S/C17H17NO.2C2H6/c1-3-4-11-18-12(2)14-9-5-7-13-8-6-10-15(16(13)14)17(18)19;2*1-2/h5-10H,2-4,11H2,1H3;2*1-2H3. The molecular weight excluding hydrogens is 282 g/mol. The number of nitrogens with zero attached hydrogens (tertiary/aromatic N) is 1. The molecule has 0 bridgehead atoms. The Morgan fingerprint density at radius 2 is 1.52 bits per heavy atom. The number of benzene rings is 2. The topological polar surface area (TPSA) is 22.0 Å². The van der Waals surface area contributed by atoms with Crippen molar-refractivity contribution in [1.29, 1.82) is 0 Å². The van der Waals surface area contributed by atoms with Crippen LogP contribution in [0.25, 0.3) is 28.1 Å². The lowest BCUT2D eigenvalue weighted by molar-refractivity contribution is 0.607. The van der Waals surface area contributed by atoms with E-state index in [0.717, 1.165) is 46.3 Å². The average molecular weight is 311 g/mol. The predicted octanol–water partition coefficient (Wildman–Crippen LogP) is 5.14. The van der Waals surface area contributed by atoms with Gasteiger partial charge in [-0.25, -0.2) is 0 Å². The number of unbranched alkanes of at least 4 members (excludes halogenated alkanes) is 1. The Morgan fingerprint density at radius 1 is 0.957 bits per heavy atom. The van der Waals surface area contributed by atoms with Gasteiger partial charge in [0.05, 0.1) is 0 Å². The fourth-order valence-electron chi connectivity index (χ4n) is 2.73. The second kappa shape index (κ2) is 9.14. The first-order chi connectivity index (χ1) is 11.2. The minimum absolute atomic E-state index is 0.0859. The monoisotopic (exact) mass is 311 g/mol. The molecule has 1 aromatic heterocycles. The molecule has 0 saturated carbocycles. The first kappa shape index (κ1) is 19.0. The Balaban J connectivity index is 0.000000615. The zero-order valence-electron chi connectivity index (χ0n) is 15.1. The Hall–Kier alpha value is -2.09. The molecule has 0 amide bonds. The zero-order chi connectivity index (χ0) is 17.4. The molecule has 0 N–H and O–H groups in total. The van der Waals surface area contributed by atoms with Crippen LogP contribution in [0.3, 0.4) is 0 Å². The van der Waals surface area contributed by atoms with Gasteiger partial charge in [-0.2, -0.15) is 0 Å². The molecule has 0 unspecified atom stereocenters. The molecule has 0 aliphatic carbocycles. The van der Waals surface area contributed by atoms with E-state index in [4.69, 9.17) is 0 Å². The van der Waals surface area contributed by atoms with Gasteiger partial charge in [0.2, 0.25) is 0 Å². The average Bonchev–Trinajstić information content (AvgIpc) is 2.63. The van der Waals surface area contributed by atoms with Gasteiger partial charge in [-0.05, 0) is 17.9 Å². The van der Waals surface area contributed by atoms with Gasteiger partial charge in [0.1, 0.15) is 0 Å². The van der Waals surface area contributed by atoms with Crippen LogP contribution >= 0.6 is 0 Å². The summed E-state index contributed by atoms with van der Waals surface area (Å²) >= 11 is 0. The molecule has 2 aromatic carbocycles. The molecule has 3 rings (SSSR count). The van der Waals surface area contributed by atoms with E-state index < -0.39 is 0 Å². The summed E-state index contributed by atoms with van der Waals surface area (Å²) in [6.07, 6.45) is 2.08. The second-order valence-corrected chi connectivity index (χ2v) is 4.97. The molecule has 0 spiro atoms. The molecule has 23 heavy (non-hydrogen) atoms. The van der Waals surface area contributed by atoms with Crippen molar-refractivity contribution in [3.8, 4) is 0 Å². The summed E-state index contributed by atoms with van der Waals surface area (Å²) in [5.74, 6) is 0. The number of aromatic nitrogens is 1.